The predicted octanol–water partition coefficient (Wildman–Crippen LogP) is 2.70. The highest BCUT2D eigenvalue weighted by Gasteiger charge is 2.52. The summed E-state index contributed by atoms with van der Waals surface area (Å²) in [5.41, 5.74) is 2.31. The number of carbonyl (C=O) groups is 3. The lowest BCUT2D eigenvalue weighted by Crippen LogP contribution is -2.48. The molecule has 192 valence electrons. The Morgan fingerprint density at radius 3 is 2.44 bits per heavy atom. The smallest absolute Gasteiger partial charge is 0.406 e. The first kappa shape index (κ1) is 25.4. The van der Waals surface area contributed by atoms with Gasteiger partial charge in [0.25, 0.3) is 11.8 Å². The molecule has 1 N–H and O–H groups in total. The van der Waals surface area contributed by atoms with Crippen LogP contribution in [0.1, 0.15) is 29.8 Å². The van der Waals surface area contributed by atoms with Gasteiger partial charge in [0.05, 0.1) is 24.5 Å². The van der Waals surface area contributed by atoms with Gasteiger partial charge in [-0.15, -0.1) is 13.2 Å². The van der Waals surface area contributed by atoms with E-state index in [2.05, 4.69) is 15.1 Å². The summed E-state index contributed by atoms with van der Waals surface area (Å²) in [4.78, 5) is 45.7. The molecule has 2 aliphatic heterocycles. The van der Waals surface area contributed by atoms with Crippen LogP contribution in [-0.2, 0) is 16.1 Å². The van der Waals surface area contributed by atoms with Crippen LogP contribution in [-0.4, -0.2) is 70.9 Å². The number of alkyl halides is 3. The van der Waals surface area contributed by atoms with Crippen LogP contribution in [0.15, 0.2) is 42.7 Å². The Hall–Kier alpha value is -3.71. The summed E-state index contributed by atoms with van der Waals surface area (Å²) in [5.74, 6) is -1.45. The Morgan fingerprint density at radius 2 is 1.81 bits per heavy atom. The van der Waals surface area contributed by atoms with Gasteiger partial charge in [-0.2, -0.15) is 0 Å². The highest BCUT2D eigenvalue weighted by molar-refractivity contribution is 6.23. The fraction of sp³-hybridized carbons (Fsp3) is 0.391. The number of nitrogens with one attached hydrogen (secondary N) is 1. The van der Waals surface area contributed by atoms with Gasteiger partial charge < -0.3 is 14.4 Å². The van der Waals surface area contributed by atoms with E-state index in [1.54, 1.807) is 24.9 Å². The van der Waals surface area contributed by atoms with Crippen LogP contribution in [0.2, 0.25) is 0 Å². The van der Waals surface area contributed by atoms with Gasteiger partial charge in [-0.05, 0) is 49.7 Å². The fourth-order valence-corrected chi connectivity index (χ4v) is 3.94. The zero-order chi connectivity index (χ0) is 26.1. The Kier molecular flexibility index (Phi) is 6.87. The third kappa shape index (κ3) is 5.26. The number of rotatable bonds is 6. The lowest BCUT2D eigenvalue weighted by Gasteiger charge is -2.29. The molecule has 2 saturated heterocycles. The summed E-state index contributed by atoms with van der Waals surface area (Å²) in [7, 11) is 0. The quantitative estimate of drug-likeness (QED) is 0.600. The summed E-state index contributed by atoms with van der Waals surface area (Å²) in [6.07, 6.45) is -2.00. The SMILES string of the molecule is CC1(C)C(=O)N(c2ccc(OC(F)(F)F)cc2)C(=O)N1Cc1ccncc1C(=O)NN1CCOCC1. The number of morpholine rings is 1. The predicted molar refractivity (Wildman–Crippen MR) is 120 cm³/mol. The van der Waals surface area contributed by atoms with Gasteiger partial charge in [0.1, 0.15) is 11.3 Å². The molecule has 0 saturated carbocycles. The van der Waals surface area contributed by atoms with E-state index in [0.717, 1.165) is 17.0 Å². The van der Waals surface area contributed by atoms with Crippen molar-refractivity contribution in [3.8, 4) is 5.75 Å². The Bertz CT molecular complexity index is 1150. The average molecular weight is 507 g/mol. The number of halogens is 3. The minimum Gasteiger partial charge on any atom is -0.406 e. The molecular formula is C23H24F3N5O5. The third-order valence-electron chi connectivity index (χ3n) is 5.91. The Balaban J connectivity index is 1.55. The van der Waals surface area contributed by atoms with E-state index in [1.807, 2.05) is 0 Å². The van der Waals surface area contributed by atoms with Crippen molar-refractivity contribution >= 4 is 23.5 Å². The highest BCUT2D eigenvalue weighted by atomic mass is 19.4. The number of hydrazine groups is 1. The van der Waals surface area contributed by atoms with Gasteiger partial charge in [0.15, 0.2) is 0 Å². The van der Waals surface area contributed by atoms with Gasteiger partial charge in [-0.1, -0.05) is 0 Å². The summed E-state index contributed by atoms with van der Waals surface area (Å²) in [6.45, 7) is 5.06. The van der Waals surface area contributed by atoms with Crippen LogP contribution < -0.4 is 15.1 Å². The molecule has 4 amide bonds. The minimum atomic E-state index is -4.87. The second-order valence-electron chi connectivity index (χ2n) is 8.68. The van der Waals surface area contributed by atoms with Gasteiger partial charge in [0, 0.05) is 32.0 Å². The molecule has 4 rings (SSSR count). The second kappa shape index (κ2) is 9.74. The maximum atomic E-state index is 13.3. The molecule has 0 radical (unpaired) electrons. The highest BCUT2D eigenvalue weighted by Crippen LogP contribution is 2.35. The molecule has 1 aromatic heterocycles. The summed E-state index contributed by atoms with van der Waals surface area (Å²) in [5, 5.41) is 1.73. The first-order valence-electron chi connectivity index (χ1n) is 11.1. The zero-order valence-corrected chi connectivity index (χ0v) is 19.5. The Morgan fingerprint density at radius 1 is 1.14 bits per heavy atom. The van der Waals surface area contributed by atoms with Crippen LogP contribution in [0.5, 0.6) is 5.75 Å². The van der Waals surface area contributed by atoms with E-state index in [4.69, 9.17) is 4.74 Å². The van der Waals surface area contributed by atoms with E-state index in [1.165, 1.54) is 29.4 Å². The zero-order valence-electron chi connectivity index (χ0n) is 19.5. The van der Waals surface area contributed by atoms with E-state index in [-0.39, 0.29) is 17.8 Å². The van der Waals surface area contributed by atoms with Crippen molar-refractivity contribution in [2.45, 2.75) is 32.3 Å². The Labute approximate surface area is 204 Å². The normalized spacial score (nSPS) is 18.5. The van der Waals surface area contributed by atoms with E-state index < -0.39 is 35.5 Å². The summed E-state index contributed by atoms with van der Waals surface area (Å²) in [6, 6.07) is 5.36. The number of hydrogen-bond acceptors (Lipinski definition) is 7. The molecule has 10 nitrogen and oxygen atoms in total. The van der Waals surface area contributed by atoms with Crippen LogP contribution in [0.3, 0.4) is 0 Å². The van der Waals surface area contributed by atoms with Crippen molar-refractivity contribution in [3.05, 3.63) is 53.9 Å². The summed E-state index contributed by atoms with van der Waals surface area (Å²) < 4.78 is 46.5. The first-order valence-corrected chi connectivity index (χ1v) is 11.1. The molecule has 13 heteroatoms. The maximum Gasteiger partial charge on any atom is 0.573 e. The molecule has 36 heavy (non-hydrogen) atoms. The van der Waals surface area contributed by atoms with Crippen LogP contribution in [0.4, 0.5) is 23.7 Å². The van der Waals surface area contributed by atoms with Gasteiger partial charge in [-0.3, -0.25) is 20.0 Å². The number of pyridine rings is 1. The number of imide groups is 1. The second-order valence-corrected chi connectivity index (χ2v) is 8.68. The average Bonchev–Trinajstić information content (AvgIpc) is 2.99. The number of carbonyl (C=O) groups excluding carboxylic acids is 3. The number of aromatic nitrogens is 1. The molecule has 0 unspecified atom stereocenters. The minimum absolute atomic E-state index is 0.0717. The van der Waals surface area contributed by atoms with Gasteiger partial charge >= 0.3 is 12.4 Å². The van der Waals surface area contributed by atoms with E-state index in [9.17, 15) is 27.6 Å². The van der Waals surface area contributed by atoms with Crippen LogP contribution in [0, 0.1) is 0 Å². The van der Waals surface area contributed by atoms with E-state index >= 15 is 0 Å². The number of ether oxygens (including phenoxy) is 2. The van der Waals surface area contributed by atoms with Gasteiger partial charge in [0.2, 0.25) is 0 Å². The molecule has 3 heterocycles. The lowest BCUT2D eigenvalue weighted by atomic mass is 10.0. The number of anilines is 1. The molecule has 2 fully saturated rings. The number of hydrogen-bond donors (Lipinski definition) is 1. The third-order valence-corrected chi connectivity index (χ3v) is 5.91. The number of amides is 4. The first-order chi connectivity index (χ1) is 17.0. The van der Waals surface area contributed by atoms with Crippen molar-refractivity contribution in [3.63, 3.8) is 0 Å². The molecule has 2 aliphatic rings. The van der Waals surface area contributed by atoms with Crippen molar-refractivity contribution < 1.29 is 37.0 Å². The number of urea groups is 1. The molecule has 0 atom stereocenters. The van der Waals surface area contributed by atoms with Crippen molar-refractivity contribution in [2.75, 3.05) is 31.2 Å². The van der Waals surface area contributed by atoms with E-state index in [0.29, 0.717) is 31.9 Å². The molecule has 0 spiro atoms. The largest absolute Gasteiger partial charge is 0.573 e. The molecule has 2 aromatic rings. The maximum absolute atomic E-state index is 13.3. The van der Waals surface area contributed by atoms with Crippen molar-refractivity contribution in [1.29, 1.82) is 0 Å². The van der Waals surface area contributed by atoms with Gasteiger partial charge in [-0.25, -0.2) is 14.7 Å². The number of benzene rings is 1. The molecule has 0 bridgehead atoms. The summed E-state index contributed by atoms with van der Waals surface area (Å²) >= 11 is 0. The van der Waals surface area contributed by atoms with Crippen molar-refractivity contribution in [1.82, 2.24) is 20.3 Å². The topological polar surface area (TPSA) is 104 Å². The monoisotopic (exact) mass is 507 g/mol. The fourth-order valence-electron chi connectivity index (χ4n) is 3.94. The lowest BCUT2D eigenvalue weighted by molar-refractivity contribution is -0.274. The van der Waals surface area contributed by atoms with Crippen LogP contribution >= 0.6 is 0 Å². The number of nitrogens with zero attached hydrogens (tertiary/aromatic N) is 4. The molecular weight excluding hydrogens is 483 g/mol. The standard InChI is InChI=1S/C23H24F3N5O5/c1-22(2)20(33)31(16-3-5-17(6-4-16)36-23(24,25)26)21(34)30(22)14-15-7-8-27-13-18(15)19(32)28-29-9-11-35-12-10-29/h3-8,13H,9-12,14H2,1-2H3,(H,28,32). The molecule has 0 aliphatic carbocycles. The molecule has 1 aromatic carbocycles. The van der Waals surface area contributed by atoms with Crippen LogP contribution in [0.25, 0.3) is 0 Å². The van der Waals surface area contributed by atoms with Crippen molar-refractivity contribution in [2.24, 2.45) is 0 Å².